The fraction of sp³-hybridized carbons (Fsp3) is 0.500. The average molecular weight is 254 g/mol. The van der Waals surface area contributed by atoms with Crippen LogP contribution in [0.15, 0.2) is 18.3 Å². The van der Waals surface area contributed by atoms with Gasteiger partial charge in [0.1, 0.15) is 5.82 Å². The Balaban J connectivity index is 1.91. The van der Waals surface area contributed by atoms with Gasteiger partial charge in [-0.3, -0.25) is 4.79 Å². The summed E-state index contributed by atoms with van der Waals surface area (Å²) in [5.41, 5.74) is 5.74. The van der Waals surface area contributed by atoms with E-state index in [2.05, 4.69) is 10.3 Å². The van der Waals surface area contributed by atoms with E-state index in [4.69, 9.17) is 17.3 Å². The van der Waals surface area contributed by atoms with Crippen LogP contribution in [0, 0.1) is 5.41 Å². The van der Waals surface area contributed by atoms with Gasteiger partial charge in [0, 0.05) is 12.6 Å². The summed E-state index contributed by atoms with van der Waals surface area (Å²) in [5, 5.41) is 3.32. The molecule has 4 nitrogen and oxygen atoms in total. The lowest BCUT2D eigenvalue weighted by Crippen LogP contribution is -2.40. The van der Waals surface area contributed by atoms with Crippen molar-refractivity contribution in [3.8, 4) is 0 Å². The van der Waals surface area contributed by atoms with Gasteiger partial charge in [-0.1, -0.05) is 18.0 Å². The molecule has 0 saturated heterocycles. The number of nitrogens with two attached hydrogens (primary N) is 1. The zero-order valence-electron chi connectivity index (χ0n) is 9.58. The smallest absolute Gasteiger partial charge is 0.226 e. The van der Waals surface area contributed by atoms with E-state index in [0.717, 1.165) is 12.8 Å². The van der Waals surface area contributed by atoms with Crippen molar-refractivity contribution in [1.29, 1.82) is 0 Å². The zero-order valence-corrected chi connectivity index (χ0v) is 10.3. The molecule has 1 saturated carbocycles. The van der Waals surface area contributed by atoms with Gasteiger partial charge >= 0.3 is 0 Å². The molecule has 1 amide bonds. The van der Waals surface area contributed by atoms with Crippen molar-refractivity contribution in [2.24, 2.45) is 11.1 Å². The van der Waals surface area contributed by atoms with Crippen molar-refractivity contribution in [3.63, 3.8) is 0 Å². The number of nitrogens with one attached hydrogen (secondary N) is 1. The largest absolute Gasteiger partial charge is 0.330 e. The number of hydrogen-bond acceptors (Lipinski definition) is 3. The van der Waals surface area contributed by atoms with Gasteiger partial charge in [-0.05, 0) is 36.9 Å². The van der Waals surface area contributed by atoms with Crippen LogP contribution in [0.3, 0.4) is 0 Å². The molecule has 5 heteroatoms. The minimum atomic E-state index is -0.0232. The van der Waals surface area contributed by atoms with Crippen LogP contribution in [0.2, 0.25) is 5.02 Å². The van der Waals surface area contributed by atoms with Crippen LogP contribution in [-0.2, 0) is 4.79 Å². The highest BCUT2D eigenvalue weighted by molar-refractivity contribution is 6.30. The molecule has 1 heterocycles. The Kier molecular flexibility index (Phi) is 3.64. The van der Waals surface area contributed by atoms with Gasteiger partial charge < -0.3 is 11.1 Å². The minimum Gasteiger partial charge on any atom is -0.330 e. The number of carbonyl (C=O) groups is 1. The Morgan fingerprint density at radius 2 is 2.29 bits per heavy atom. The van der Waals surface area contributed by atoms with Crippen molar-refractivity contribution in [2.75, 3.05) is 11.9 Å². The molecule has 0 aromatic carbocycles. The highest BCUT2D eigenvalue weighted by Crippen LogP contribution is 2.42. The molecule has 1 aromatic rings. The van der Waals surface area contributed by atoms with E-state index in [1.165, 1.54) is 12.6 Å². The van der Waals surface area contributed by atoms with Crippen LogP contribution in [0.25, 0.3) is 0 Å². The Morgan fingerprint density at radius 3 is 2.76 bits per heavy atom. The van der Waals surface area contributed by atoms with Gasteiger partial charge in [0.25, 0.3) is 0 Å². The van der Waals surface area contributed by atoms with Crippen LogP contribution in [0.4, 0.5) is 5.82 Å². The summed E-state index contributed by atoms with van der Waals surface area (Å²) < 4.78 is 0. The summed E-state index contributed by atoms with van der Waals surface area (Å²) in [6, 6.07) is 3.39. The number of anilines is 1. The normalized spacial score (nSPS) is 17.3. The van der Waals surface area contributed by atoms with Crippen molar-refractivity contribution >= 4 is 23.3 Å². The first-order chi connectivity index (χ1) is 8.13. The Labute approximate surface area is 106 Å². The molecule has 0 radical (unpaired) electrons. The third-order valence-corrected chi connectivity index (χ3v) is 3.60. The summed E-state index contributed by atoms with van der Waals surface area (Å²) in [6.07, 6.45) is 5.26. The lowest BCUT2D eigenvalue weighted by Gasteiger charge is -2.40. The quantitative estimate of drug-likeness (QED) is 0.864. The number of pyridine rings is 1. The summed E-state index contributed by atoms with van der Waals surface area (Å²) in [4.78, 5) is 15.8. The minimum absolute atomic E-state index is 0.0232. The number of aromatic nitrogens is 1. The maximum absolute atomic E-state index is 11.8. The van der Waals surface area contributed by atoms with Crippen LogP contribution >= 0.6 is 11.6 Å². The molecule has 0 aliphatic heterocycles. The molecule has 3 N–H and O–H groups in total. The summed E-state index contributed by atoms with van der Waals surface area (Å²) in [7, 11) is 0. The van der Waals surface area contributed by atoms with Gasteiger partial charge in [-0.15, -0.1) is 0 Å². The Morgan fingerprint density at radius 1 is 1.53 bits per heavy atom. The molecule has 0 atom stereocenters. The predicted molar refractivity (Wildman–Crippen MR) is 67.8 cm³/mol. The van der Waals surface area contributed by atoms with Crippen molar-refractivity contribution in [2.45, 2.75) is 25.7 Å². The predicted octanol–water partition coefficient (Wildman–Crippen LogP) is 2.19. The molecular formula is C12H16ClN3O. The molecule has 92 valence electrons. The number of nitrogens with zero attached hydrogens (tertiary/aromatic N) is 1. The monoisotopic (exact) mass is 253 g/mol. The molecule has 1 aromatic heterocycles. The fourth-order valence-corrected chi connectivity index (χ4v) is 2.22. The Bertz CT molecular complexity index is 395. The number of carbonyl (C=O) groups excluding carboxylic acids is 1. The number of rotatable bonds is 4. The molecule has 0 bridgehead atoms. The highest BCUT2D eigenvalue weighted by atomic mass is 35.5. The van der Waals surface area contributed by atoms with Gasteiger partial charge in [0.05, 0.1) is 5.02 Å². The third kappa shape index (κ3) is 2.96. The summed E-state index contributed by atoms with van der Waals surface area (Å²) >= 11 is 5.72. The molecule has 1 aliphatic rings. The van der Waals surface area contributed by atoms with Gasteiger partial charge in [-0.2, -0.15) is 0 Å². The van der Waals surface area contributed by atoms with Crippen LogP contribution in [-0.4, -0.2) is 17.4 Å². The maximum Gasteiger partial charge on any atom is 0.226 e. The average Bonchev–Trinajstić information content (AvgIpc) is 2.27. The molecule has 2 rings (SSSR count). The van der Waals surface area contributed by atoms with Gasteiger partial charge in [0.15, 0.2) is 0 Å². The molecule has 0 unspecified atom stereocenters. The lowest BCUT2D eigenvalue weighted by atomic mass is 9.66. The molecular weight excluding hydrogens is 238 g/mol. The lowest BCUT2D eigenvalue weighted by molar-refractivity contribution is -0.119. The first-order valence-electron chi connectivity index (χ1n) is 5.75. The van der Waals surface area contributed by atoms with E-state index < -0.39 is 0 Å². The van der Waals surface area contributed by atoms with Gasteiger partial charge in [-0.25, -0.2) is 4.98 Å². The van der Waals surface area contributed by atoms with E-state index in [0.29, 0.717) is 23.8 Å². The van der Waals surface area contributed by atoms with Crippen LogP contribution in [0.5, 0.6) is 0 Å². The van der Waals surface area contributed by atoms with Crippen molar-refractivity contribution < 1.29 is 4.79 Å². The second kappa shape index (κ2) is 5.02. The maximum atomic E-state index is 11.8. The fourth-order valence-electron chi connectivity index (χ4n) is 2.11. The zero-order chi connectivity index (χ0) is 12.3. The summed E-state index contributed by atoms with van der Waals surface area (Å²) in [5.74, 6) is 0.510. The van der Waals surface area contributed by atoms with Crippen molar-refractivity contribution in [3.05, 3.63) is 23.4 Å². The first-order valence-corrected chi connectivity index (χ1v) is 6.13. The topological polar surface area (TPSA) is 68.0 Å². The number of hydrogen-bond donors (Lipinski definition) is 2. The van der Waals surface area contributed by atoms with E-state index in [1.54, 1.807) is 12.1 Å². The first kappa shape index (κ1) is 12.3. The molecule has 0 spiro atoms. The van der Waals surface area contributed by atoms with Crippen LogP contribution in [0.1, 0.15) is 25.7 Å². The van der Waals surface area contributed by atoms with Crippen molar-refractivity contribution in [1.82, 2.24) is 4.98 Å². The van der Waals surface area contributed by atoms with E-state index in [1.807, 2.05) is 0 Å². The number of halogens is 1. The van der Waals surface area contributed by atoms with E-state index in [9.17, 15) is 4.79 Å². The van der Waals surface area contributed by atoms with Gasteiger partial charge in [0.2, 0.25) is 5.91 Å². The standard InChI is InChI=1S/C12H16ClN3O/c13-9-2-3-10(15-7-9)16-11(17)6-12(8-14)4-1-5-12/h2-3,7H,1,4-6,8,14H2,(H,15,16,17). The highest BCUT2D eigenvalue weighted by Gasteiger charge is 2.37. The van der Waals surface area contributed by atoms with Crippen LogP contribution < -0.4 is 11.1 Å². The molecule has 1 aliphatic carbocycles. The molecule has 1 fully saturated rings. The van der Waals surface area contributed by atoms with E-state index >= 15 is 0 Å². The summed E-state index contributed by atoms with van der Waals surface area (Å²) in [6.45, 7) is 0.578. The third-order valence-electron chi connectivity index (χ3n) is 3.38. The number of amides is 1. The second-order valence-corrected chi connectivity index (χ2v) is 5.08. The van der Waals surface area contributed by atoms with E-state index in [-0.39, 0.29) is 11.3 Å². The SMILES string of the molecule is NCC1(CC(=O)Nc2ccc(Cl)cn2)CCC1. The second-order valence-electron chi connectivity index (χ2n) is 4.64. The molecule has 17 heavy (non-hydrogen) atoms. The Hall–Kier alpha value is -1.13.